The molecule has 0 spiro atoms. The molecule has 2 fully saturated rings. The normalized spacial score (nSPS) is 26.6. The lowest BCUT2D eigenvalue weighted by Crippen LogP contribution is -2.47. The van der Waals surface area contributed by atoms with Crippen molar-refractivity contribution < 1.29 is 14.7 Å². The lowest BCUT2D eigenvalue weighted by molar-refractivity contribution is -0.111. The highest BCUT2D eigenvalue weighted by Crippen LogP contribution is 2.38. The highest BCUT2D eigenvalue weighted by molar-refractivity contribution is 5.65. The van der Waals surface area contributed by atoms with Gasteiger partial charge in [-0.15, -0.1) is 0 Å². The van der Waals surface area contributed by atoms with E-state index in [1.165, 1.54) is 16.9 Å². The first-order valence-corrected chi connectivity index (χ1v) is 10.4. The summed E-state index contributed by atoms with van der Waals surface area (Å²) in [5.41, 5.74) is 1.36. The van der Waals surface area contributed by atoms with Gasteiger partial charge in [-0.05, 0) is 36.7 Å². The minimum absolute atomic E-state index is 0.141. The molecular weight excluding hydrogens is 354 g/mol. The Morgan fingerprint density at radius 1 is 1.32 bits per heavy atom. The first-order chi connectivity index (χ1) is 13.5. The molecule has 1 saturated heterocycles. The highest BCUT2D eigenvalue weighted by atomic mass is 16.4. The summed E-state index contributed by atoms with van der Waals surface area (Å²) in [4.78, 5) is 26.3. The van der Waals surface area contributed by atoms with E-state index >= 15 is 0 Å². The molecule has 1 amide bonds. The van der Waals surface area contributed by atoms with Crippen molar-refractivity contribution in [1.82, 2.24) is 15.1 Å². The van der Waals surface area contributed by atoms with Crippen molar-refractivity contribution in [2.45, 2.75) is 44.8 Å². The molecule has 0 bridgehead atoms. The van der Waals surface area contributed by atoms with Crippen LogP contribution in [0.3, 0.4) is 0 Å². The standard InChI is InChI=1S/C22H33N3O3/c1-16(15-26)10-19(24(2)22(27)28)11-23-21-9-8-18-13-25(14-20(18)21)12-17-6-4-3-5-7-17/h3-7,15-16,18-21,23H,8-14H2,1-2H3,(H,27,28)/t16?,18-,19?,20+,21+/m1/s1. The molecule has 6 nitrogen and oxygen atoms in total. The molecule has 0 radical (unpaired) electrons. The number of likely N-dealkylation sites (tertiary alicyclic amines) is 1. The van der Waals surface area contributed by atoms with Crippen LogP contribution in [-0.4, -0.2) is 66.1 Å². The quantitative estimate of drug-likeness (QED) is 0.638. The van der Waals surface area contributed by atoms with Gasteiger partial charge < -0.3 is 20.1 Å². The van der Waals surface area contributed by atoms with Crippen LogP contribution < -0.4 is 5.32 Å². The molecular formula is C22H33N3O3. The molecule has 1 aliphatic heterocycles. The van der Waals surface area contributed by atoms with E-state index < -0.39 is 6.09 Å². The summed E-state index contributed by atoms with van der Waals surface area (Å²) in [6.07, 6.45) is 2.91. The van der Waals surface area contributed by atoms with Crippen LogP contribution in [0.1, 0.15) is 31.7 Å². The monoisotopic (exact) mass is 387 g/mol. The van der Waals surface area contributed by atoms with Gasteiger partial charge in [-0.1, -0.05) is 37.3 Å². The maximum absolute atomic E-state index is 11.4. The van der Waals surface area contributed by atoms with Crippen molar-refractivity contribution in [2.24, 2.45) is 17.8 Å². The van der Waals surface area contributed by atoms with Gasteiger partial charge in [0.15, 0.2) is 0 Å². The number of amides is 1. The number of hydrogen-bond acceptors (Lipinski definition) is 4. The van der Waals surface area contributed by atoms with Gasteiger partial charge in [-0.3, -0.25) is 4.90 Å². The van der Waals surface area contributed by atoms with Gasteiger partial charge in [0.25, 0.3) is 0 Å². The molecule has 1 aromatic carbocycles. The Kier molecular flexibility index (Phi) is 7.08. The number of carboxylic acid groups (broad SMARTS) is 1. The second kappa shape index (κ2) is 9.52. The summed E-state index contributed by atoms with van der Waals surface area (Å²) < 4.78 is 0. The van der Waals surface area contributed by atoms with Gasteiger partial charge in [0, 0.05) is 51.2 Å². The molecule has 28 heavy (non-hydrogen) atoms. The molecule has 6 heteroatoms. The van der Waals surface area contributed by atoms with Crippen molar-refractivity contribution in [3.63, 3.8) is 0 Å². The van der Waals surface area contributed by atoms with Crippen LogP contribution in [0.15, 0.2) is 30.3 Å². The highest BCUT2D eigenvalue weighted by Gasteiger charge is 2.42. The molecule has 2 aliphatic rings. The number of nitrogens with one attached hydrogen (secondary N) is 1. The smallest absolute Gasteiger partial charge is 0.407 e. The Bertz CT molecular complexity index is 654. The molecule has 1 aromatic rings. The summed E-state index contributed by atoms with van der Waals surface area (Å²) in [5.74, 6) is 1.21. The van der Waals surface area contributed by atoms with Crippen molar-refractivity contribution in [3.05, 3.63) is 35.9 Å². The van der Waals surface area contributed by atoms with Crippen LogP contribution in [0.25, 0.3) is 0 Å². The van der Waals surface area contributed by atoms with Gasteiger partial charge in [0.05, 0.1) is 0 Å². The van der Waals surface area contributed by atoms with E-state index in [2.05, 4.69) is 40.5 Å². The third-order valence-corrected chi connectivity index (χ3v) is 6.52. The molecule has 1 saturated carbocycles. The lowest BCUT2D eigenvalue weighted by atomic mass is 9.97. The Balaban J connectivity index is 1.54. The summed E-state index contributed by atoms with van der Waals surface area (Å²) in [6, 6.07) is 10.9. The number of fused-ring (bicyclic) bond motifs is 1. The Hall–Kier alpha value is -1.92. The summed E-state index contributed by atoms with van der Waals surface area (Å²) in [5, 5.41) is 13.0. The van der Waals surface area contributed by atoms with Crippen molar-refractivity contribution in [1.29, 1.82) is 0 Å². The van der Waals surface area contributed by atoms with Gasteiger partial charge in [0.2, 0.25) is 0 Å². The molecule has 2 N–H and O–H groups in total. The van der Waals surface area contributed by atoms with E-state index in [9.17, 15) is 14.7 Å². The fourth-order valence-electron chi connectivity index (χ4n) is 4.89. The fourth-order valence-corrected chi connectivity index (χ4v) is 4.89. The van der Waals surface area contributed by atoms with E-state index in [1.807, 2.05) is 6.92 Å². The van der Waals surface area contributed by atoms with Crippen molar-refractivity contribution in [3.8, 4) is 0 Å². The number of carbonyl (C=O) groups excluding carboxylic acids is 1. The number of nitrogens with zero attached hydrogens (tertiary/aromatic N) is 2. The van der Waals surface area contributed by atoms with Crippen LogP contribution in [0, 0.1) is 17.8 Å². The molecule has 154 valence electrons. The molecule has 0 aromatic heterocycles. The molecule has 3 rings (SSSR count). The van der Waals surface area contributed by atoms with E-state index in [-0.39, 0.29) is 12.0 Å². The maximum atomic E-state index is 11.4. The number of rotatable bonds is 9. The first kappa shape index (κ1) is 20.8. The summed E-state index contributed by atoms with van der Waals surface area (Å²) in [7, 11) is 1.60. The minimum atomic E-state index is -0.941. The Morgan fingerprint density at radius 2 is 2.07 bits per heavy atom. The Morgan fingerprint density at radius 3 is 2.75 bits per heavy atom. The average molecular weight is 388 g/mol. The second-order valence-electron chi connectivity index (χ2n) is 8.59. The largest absolute Gasteiger partial charge is 0.465 e. The zero-order valence-corrected chi connectivity index (χ0v) is 17.0. The zero-order chi connectivity index (χ0) is 20.1. The van der Waals surface area contributed by atoms with E-state index in [0.717, 1.165) is 38.3 Å². The number of carbonyl (C=O) groups is 2. The third kappa shape index (κ3) is 5.11. The average Bonchev–Trinajstić information content (AvgIpc) is 3.25. The van der Waals surface area contributed by atoms with Gasteiger partial charge in [-0.2, -0.15) is 0 Å². The second-order valence-corrected chi connectivity index (χ2v) is 8.59. The van der Waals surface area contributed by atoms with Crippen LogP contribution in [0.5, 0.6) is 0 Å². The summed E-state index contributed by atoms with van der Waals surface area (Å²) in [6.45, 7) is 5.70. The number of hydrogen-bond donors (Lipinski definition) is 2. The number of aldehydes is 1. The SMILES string of the molecule is CC(C=O)CC(CN[C@H]1CC[C@@H]2CN(Cc3ccccc3)C[C@@H]21)N(C)C(=O)O. The first-order valence-electron chi connectivity index (χ1n) is 10.4. The van der Waals surface area contributed by atoms with Gasteiger partial charge >= 0.3 is 6.09 Å². The number of benzene rings is 1. The van der Waals surface area contributed by atoms with Crippen LogP contribution in [-0.2, 0) is 11.3 Å². The van der Waals surface area contributed by atoms with Gasteiger partial charge in [-0.25, -0.2) is 4.79 Å². The number of likely N-dealkylation sites (N-methyl/N-ethyl adjacent to an activating group) is 1. The van der Waals surface area contributed by atoms with Gasteiger partial charge in [0.1, 0.15) is 6.29 Å². The molecule has 5 atom stereocenters. The predicted octanol–water partition coefficient (Wildman–Crippen LogP) is 2.69. The lowest BCUT2D eigenvalue weighted by Gasteiger charge is -2.30. The Labute approximate surface area is 167 Å². The molecule has 1 aliphatic carbocycles. The van der Waals surface area contributed by atoms with Crippen LogP contribution in [0.2, 0.25) is 0 Å². The van der Waals surface area contributed by atoms with Crippen molar-refractivity contribution >= 4 is 12.4 Å². The maximum Gasteiger partial charge on any atom is 0.407 e. The van der Waals surface area contributed by atoms with Crippen LogP contribution in [0.4, 0.5) is 4.79 Å². The third-order valence-electron chi connectivity index (χ3n) is 6.52. The minimum Gasteiger partial charge on any atom is -0.465 e. The van der Waals surface area contributed by atoms with E-state index in [1.54, 1.807) is 7.05 Å². The summed E-state index contributed by atoms with van der Waals surface area (Å²) >= 11 is 0. The topological polar surface area (TPSA) is 72.9 Å². The van der Waals surface area contributed by atoms with E-state index in [0.29, 0.717) is 24.9 Å². The molecule has 2 unspecified atom stereocenters. The predicted molar refractivity (Wildman–Crippen MR) is 109 cm³/mol. The molecule has 1 heterocycles. The fraction of sp³-hybridized carbons (Fsp3) is 0.636. The zero-order valence-electron chi connectivity index (χ0n) is 17.0. The van der Waals surface area contributed by atoms with Crippen LogP contribution >= 0.6 is 0 Å². The van der Waals surface area contributed by atoms with Crippen molar-refractivity contribution in [2.75, 3.05) is 26.7 Å². The van der Waals surface area contributed by atoms with E-state index in [4.69, 9.17) is 0 Å².